The highest BCUT2D eigenvalue weighted by atomic mass is 32.2. The van der Waals surface area contributed by atoms with Gasteiger partial charge >= 0.3 is 0 Å². The summed E-state index contributed by atoms with van der Waals surface area (Å²) >= 11 is 1.34. The van der Waals surface area contributed by atoms with Gasteiger partial charge in [0.25, 0.3) is 0 Å². The van der Waals surface area contributed by atoms with E-state index in [0.717, 1.165) is 11.5 Å². The summed E-state index contributed by atoms with van der Waals surface area (Å²) in [6.07, 6.45) is 1.28. The van der Waals surface area contributed by atoms with Crippen molar-refractivity contribution >= 4 is 33.2 Å². The Morgan fingerprint density at radius 2 is 2.04 bits per heavy atom. The Hall–Kier alpha value is -1.87. The van der Waals surface area contributed by atoms with E-state index in [1.165, 1.54) is 11.8 Å². The highest BCUT2D eigenvalue weighted by Crippen LogP contribution is 2.24. The Balaban J connectivity index is 1.57. The van der Waals surface area contributed by atoms with Crippen LogP contribution in [-0.4, -0.2) is 53.4 Å². The van der Waals surface area contributed by atoms with E-state index in [1.807, 2.05) is 41.9 Å². The summed E-state index contributed by atoms with van der Waals surface area (Å²) in [6, 6.07) is 9.47. The van der Waals surface area contributed by atoms with Crippen LogP contribution in [0.15, 0.2) is 35.5 Å². The molecule has 1 atom stereocenters. The fourth-order valence-corrected chi connectivity index (χ4v) is 5.66. The standard InChI is InChI=1S/C17H22N4O3S2/c1-20(14-6-4-3-5-7-14)16(22)11-25-17-19-18-15(21(17)2)10-13-8-9-26(23,24)12-13/h3-7,13H,8-12H2,1-2H3. The minimum Gasteiger partial charge on any atom is -0.315 e. The molecule has 1 aliphatic rings. The van der Waals surface area contributed by atoms with Gasteiger partial charge in [-0.15, -0.1) is 10.2 Å². The number of carbonyl (C=O) groups is 1. The van der Waals surface area contributed by atoms with Gasteiger partial charge < -0.3 is 9.47 Å². The second-order valence-electron chi connectivity index (χ2n) is 6.51. The zero-order valence-electron chi connectivity index (χ0n) is 14.8. The van der Waals surface area contributed by atoms with Gasteiger partial charge in [-0.05, 0) is 24.5 Å². The molecule has 0 bridgehead atoms. The number of hydrogen-bond donors (Lipinski definition) is 0. The fraction of sp³-hybridized carbons (Fsp3) is 0.471. The normalized spacial score (nSPS) is 18.8. The first-order valence-corrected chi connectivity index (χ1v) is 11.2. The molecule has 1 amide bonds. The summed E-state index contributed by atoms with van der Waals surface area (Å²) in [6.45, 7) is 0. The van der Waals surface area contributed by atoms with E-state index in [0.29, 0.717) is 18.0 Å². The number of nitrogens with zero attached hydrogens (tertiary/aromatic N) is 4. The molecule has 1 saturated heterocycles. The predicted molar refractivity (Wildman–Crippen MR) is 102 cm³/mol. The van der Waals surface area contributed by atoms with Crippen molar-refractivity contribution in [3.63, 3.8) is 0 Å². The van der Waals surface area contributed by atoms with Gasteiger partial charge in [-0.2, -0.15) is 0 Å². The van der Waals surface area contributed by atoms with Crippen molar-refractivity contribution in [2.24, 2.45) is 13.0 Å². The number of hydrogen-bond acceptors (Lipinski definition) is 6. The van der Waals surface area contributed by atoms with Crippen LogP contribution in [0.3, 0.4) is 0 Å². The molecular formula is C17H22N4O3S2. The SMILES string of the molecule is CN(C(=O)CSc1nnc(CC2CCS(=O)(=O)C2)n1C)c1ccccc1. The summed E-state index contributed by atoms with van der Waals surface area (Å²) in [5.74, 6) is 1.59. The molecule has 0 saturated carbocycles. The maximum atomic E-state index is 12.4. The molecule has 26 heavy (non-hydrogen) atoms. The van der Waals surface area contributed by atoms with Crippen LogP contribution < -0.4 is 4.90 Å². The molecule has 1 fully saturated rings. The first-order valence-electron chi connectivity index (χ1n) is 8.39. The fourth-order valence-electron chi connectivity index (χ4n) is 2.96. The second kappa shape index (κ2) is 7.79. The number of rotatable bonds is 6. The summed E-state index contributed by atoms with van der Waals surface area (Å²) in [5, 5.41) is 9.00. The first kappa shape index (κ1) is 18.9. The third kappa shape index (κ3) is 4.45. The lowest BCUT2D eigenvalue weighted by atomic mass is 10.1. The Labute approximate surface area is 157 Å². The number of carbonyl (C=O) groups excluding carboxylic acids is 1. The summed E-state index contributed by atoms with van der Waals surface area (Å²) < 4.78 is 25.0. The summed E-state index contributed by atoms with van der Waals surface area (Å²) in [4.78, 5) is 14.0. The van der Waals surface area contributed by atoms with Crippen LogP contribution in [0.1, 0.15) is 12.2 Å². The third-order valence-corrected chi connectivity index (χ3v) is 7.41. The Morgan fingerprint density at radius 3 is 2.69 bits per heavy atom. The van der Waals surface area contributed by atoms with E-state index < -0.39 is 9.84 Å². The van der Waals surface area contributed by atoms with E-state index >= 15 is 0 Å². The molecule has 0 radical (unpaired) electrons. The van der Waals surface area contributed by atoms with E-state index in [2.05, 4.69) is 10.2 Å². The predicted octanol–water partition coefficient (Wildman–Crippen LogP) is 1.55. The van der Waals surface area contributed by atoms with Gasteiger partial charge in [0.15, 0.2) is 15.0 Å². The molecule has 1 unspecified atom stereocenters. The van der Waals surface area contributed by atoms with Gasteiger partial charge in [0, 0.05) is 26.2 Å². The Bertz CT molecular complexity index is 881. The van der Waals surface area contributed by atoms with Crippen molar-refractivity contribution in [3.8, 4) is 0 Å². The molecule has 0 spiro atoms. The lowest BCUT2D eigenvalue weighted by molar-refractivity contribution is -0.115. The number of aromatic nitrogens is 3. The lowest BCUT2D eigenvalue weighted by Crippen LogP contribution is -2.27. The molecule has 3 rings (SSSR count). The minimum atomic E-state index is -2.89. The van der Waals surface area contributed by atoms with Gasteiger partial charge in [0.1, 0.15) is 5.82 Å². The number of benzene rings is 1. The van der Waals surface area contributed by atoms with Gasteiger partial charge in [-0.3, -0.25) is 4.79 Å². The van der Waals surface area contributed by atoms with Crippen LogP contribution in [-0.2, 0) is 28.1 Å². The van der Waals surface area contributed by atoms with Crippen LogP contribution in [0.4, 0.5) is 5.69 Å². The molecule has 1 aliphatic heterocycles. The average molecular weight is 395 g/mol. The van der Waals surface area contributed by atoms with Gasteiger partial charge in [0.2, 0.25) is 5.91 Å². The number of amides is 1. The lowest BCUT2D eigenvalue weighted by Gasteiger charge is -2.16. The van der Waals surface area contributed by atoms with Gasteiger partial charge in [-0.1, -0.05) is 30.0 Å². The monoisotopic (exact) mass is 394 g/mol. The zero-order chi connectivity index (χ0) is 18.7. The highest BCUT2D eigenvalue weighted by molar-refractivity contribution is 7.99. The molecule has 9 heteroatoms. The van der Waals surface area contributed by atoms with Crippen molar-refractivity contribution in [3.05, 3.63) is 36.2 Å². The van der Waals surface area contributed by atoms with Gasteiger partial charge in [0.05, 0.1) is 17.3 Å². The molecule has 140 valence electrons. The average Bonchev–Trinajstić information content (AvgIpc) is 3.15. The van der Waals surface area contributed by atoms with Crippen molar-refractivity contribution in [1.82, 2.24) is 14.8 Å². The number of sulfone groups is 1. The molecule has 0 N–H and O–H groups in total. The molecule has 1 aromatic carbocycles. The van der Waals surface area contributed by atoms with Gasteiger partial charge in [-0.25, -0.2) is 8.42 Å². The largest absolute Gasteiger partial charge is 0.315 e. The maximum Gasteiger partial charge on any atom is 0.237 e. The van der Waals surface area contributed by atoms with Crippen molar-refractivity contribution in [2.45, 2.75) is 18.0 Å². The van der Waals surface area contributed by atoms with E-state index in [1.54, 1.807) is 11.9 Å². The first-order chi connectivity index (χ1) is 12.4. The number of thioether (sulfide) groups is 1. The van der Waals surface area contributed by atoms with Crippen LogP contribution in [0, 0.1) is 5.92 Å². The minimum absolute atomic E-state index is 0.0207. The van der Waals surface area contributed by atoms with Crippen molar-refractivity contribution < 1.29 is 13.2 Å². The molecule has 2 heterocycles. The van der Waals surface area contributed by atoms with E-state index in [-0.39, 0.29) is 29.1 Å². The van der Waals surface area contributed by atoms with E-state index in [4.69, 9.17) is 0 Å². The third-order valence-electron chi connectivity index (χ3n) is 4.57. The molecule has 2 aromatic rings. The molecular weight excluding hydrogens is 372 g/mol. The molecule has 0 aliphatic carbocycles. The second-order valence-corrected chi connectivity index (χ2v) is 9.68. The smallest absolute Gasteiger partial charge is 0.237 e. The number of para-hydroxylation sites is 1. The van der Waals surface area contributed by atoms with Crippen molar-refractivity contribution in [1.29, 1.82) is 0 Å². The van der Waals surface area contributed by atoms with Crippen LogP contribution >= 0.6 is 11.8 Å². The Kier molecular flexibility index (Phi) is 5.67. The Morgan fingerprint density at radius 1 is 1.31 bits per heavy atom. The molecule has 1 aromatic heterocycles. The maximum absolute atomic E-state index is 12.4. The quantitative estimate of drug-likeness (QED) is 0.691. The van der Waals surface area contributed by atoms with Crippen molar-refractivity contribution in [2.75, 3.05) is 29.2 Å². The molecule has 7 nitrogen and oxygen atoms in total. The summed E-state index contributed by atoms with van der Waals surface area (Å²) in [5.41, 5.74) is 0.846. The van der Waals surface area contributed by atoms with Crippen LogP contribution in [0.2, 0.25) is 0 Å². The topological polar surface area (TPSA) is 85.2 Å². The van der Waals surface area contributed by atoms with E-state index in [9.17, 15) is 13.2 Å². The zero-order valence-corrected chi connectivity index (χ0v) is 16.5. The summed E-state index contributed by atoms with van der Waals surface area (Å²) in [7, 11) is 0.713. The van der Waals surface area contributed by atoms with Crippen LogP contribution in [0.5, 0.6) is 0 Å². The van der Waals surface area contributed by atoms with Crippen LogP contribution in [0.25, 0.3) is 0 Å². The highest BCUT2D eigenvalue weighted by Gasteiger charge is 2.29. The number of anilines is 1.